The molecular weight excluding hydrogens is 244 g/mol. The number of urea groups is 1. The van der Waals surface area contributed by atoms with E-state index in [-0.39, 0.29) is 6.03 Å². The Labute approximate surface area is 116 Å². The highest BCUT2D eigenvalue weighted by molar-refractivity contribution is 5.85. The molecule has 0 atom stereocenters. The van der Waals surface area contributed by atoms with Crippen molar-refractivity contribution in [3.05, 3.63) is 0 Å². The average molecular weight is 272 g/mol. The summed E-state index contributed by atoms with van der Waals surface area (Å²) >= 11 is 0. The van der Waals surface area contributed by atoms with Crippen LogP contribution in [0.15, 0.2) is 0 Å². The molecule has 0 aromatic carbocycles. The Kier molecular flexibility index (Phi) is 7.49. The van der Waals surface area contributed by atoms with Crippen LogP contribution >= 0.6 is 0 Å². The molecule has 0 spiro atoms. The lowest BCUT2D eigenvalue weighted by atomic mass is 10.0. The van der Waals surface area contributed by atoms with E-state index < -0.39 is 11.5 Å². The Hall–Kier alpha value is -1.26. The largest absolute Gasteiger partial charge is 0.480 e. The van der Waals surface area contributed by atoms with Gasteiger partial charge in [-0.25, -0.2) is 9.59 Å². The molecule has 0 saturated heterocycles. The summed E-state index contributed by atoms with van der Waals surface area (Å²) in [7, 11) is 0. The monoisotopic (exact) mass is 272 g/mol. The Bertz CT molecular complexity index is 301. The van der Waals surface area contributed by atoms with Gasteiger partial charge >= 0.3 is 12.0 Å². The van der Waals surface area contributed by atoms with Gasteiger partial charge in [0.15, 0.2) is 0 Å². The number of hydrogen-bond donors (Lipinski definition) is 2. The van der Waals surface area contributed by atoms with Gasteiger partial charge in [-0.3, -0.25) is 0 Å². The van der Waals surface area contributed by atoms with Crippen LogP contribution in [0.4, 0.5) is 4.79 Å². The molecule has 0 aliphatic heterocycles. The molecule has 5 heteroatoms. The second-order valence-corrected chi connectivity index (χ2v) is 5.73. The number of nitrogens with one attached hydrogen (secondary N) is 1. The second kappa shape index (κ2) is 8.02. The molecule has 0 aromatic heterocycles. The minimum atomic E-state index is -1.18. The molecule has 0 aromatic rings. The Balaban J connectivity index is 4.20. The van der Waals surface area contributed by atoms with Crippen LogP contribution in [0, 0.1) is 5.92 Å². The first-order chi connectivity index (χ1) is 8.73. The van der Waals surface area contributed by atoms with Gasteiger partial charge in [-0.05, 0) is 33.1 Å². The number of nitrogens with zero attached hydrogens (tertiary/aromatic N) is 1. The fourth-order valence-corrected chi connectivity index (χ4v) is 1.88. The summed E-state index contributed by atoms with van der Waals surface area (Å²) in [5.74, 6) is -0.321. The van der Waals surface area contributed by atoms with Crippen LogP contribution in [0.2, 0.25) is 0 Å². The molecule has 0 bridgehead atoms. The van der Waals surface area contributed by atoms with E-state index in [0.29, 0.717) is 19.0 Å². The zero-order valence-electron chi connectivity index (χ0n) is 12.8. The van der Waals surface area contributed by atoms with Gasteiger partial charge in [-0.1, -0.05) is 26.7 Å². The Morgan fingerprint density at radius 3 is 2.26 bits per heavy atom. The number of unbranched alkanes of at least 4 members (excludes halogenated alkanes) is 1. The van der Waals surface area contributed by atoms with Gasteiger partial charge in [0.05, 0.1) is 0 Å². The van der Waals surface area contributed by atoms with Crippen molar-refractivity contribution in [3.8, 4) is 0 Å². The lowest BCUT2D eigenvalue weighted by molar-refractivity contribution is -0.147. The molecule has 0 aliphatic rings. The maximum Gasteiger partial charge on any atom is 0.329 e. The first-order valence-corrected chi connectivity index (χ1v) is 7.02. The lowest BCUT2D eigenvalue weighted by Gasteiger charge is -2.34. The van der Waals surface area contributed by atoms with Gasteiger partial charge in [-0.2, -0.15) is 0 Å². The van der Waals surface area contributed by atoms with Crippen molar-refractivity contribution in [3.63, 3.8) is 0 Å². The minimum Gasteiger partial charge on any atom is -0.480 e. The van der Waals surface area contributed by atoms with Gasteiger partial charge in [0.25, 0.3) is 0 Å². The standard InChI is InChI=1S/C14H28N2O3/c1-6-16(14(4,5)12(17)18)13(19)15-10-8-7-9-11(2)3/h11H,6-10H2,1-5H3,(H,15,19)(H,17,18). The minimum absolute atomic E-state index is 0.306. The van der Waals surface area contributed by atoms with E-state index in [1.165, 1.54) is 18.7 Å². The third-order valence-electron chi connectivity index (χ3n) is 3.24. The number of hydrogen-bond acceptors (Lipinski definition) is 2. The fraction of sp³-hybridized carbons (Fsp3) is 0.857. The van der Waals surface area contributed by atoms with Crippen LogP contribution in [-0.4, -0.2) is 40.6 Å². The first kappa shape index (κ1) is 17.7. The Morgan fingerprint density at radius 1 is 1.26 bits per heavy atom. The number of carboxylic acid groups (broad SMARTS) is 1. The van der Waals surface area contributed by atoms with E-state index >= 15 is 0 Å². The molecule has 5 nitrogen and oxygen atoms in total. The lowest BCUT2D eigenvalue weighted by Crippen LogP contribution is -2.56. The summed E-state index contributed by atoms with van der Waals surface area (Å²) in [6.07, 6.45) is 3.15. The molecule has 0 fully saturated rings. The highest BCUT2D eigenvalue weighted by Crippen LogP contribution is 2.14. The van der Waals surface area contributed by atoms with E-state index in [9.17, 15) is 9.59 Å². The topological polar surface area (TPSA) is 69.6 Å². The molecule has 0 unspecified atom stereocenters. The molecule has 0 heterocycles. The van der Waals surface area contributed by atoms with Crippen molar-refractivity contribution >= 4 is 12.0 Å². The third kappa shape index (κ3) is 5.94. The predicted octanol–water partition coefficient (Wildman–Crippen LogP) is 2.71. The van der Waals surface area contributed by atoms with Crippen molar-refractivity contribution in [2.45, 2.75) is 59.4 Å². The van der Waals surface area contributed by atoms with Crippen LogP contribution in [0.5, 0.6) is 0 Å². The number of aliphatic carboxylic acids is 1. The van der Waals surface area contributed by atoms with Crippen LogP contribution in [0.1, 0.15) is 53.9 Å². The van der Waals surface area contributed by atoms with Gasteiger partial charge in [0.1, 0.15) is 5.54 Å². The summed E-state index contributed by atoms with van der Waals surface area (Å²) < 4.78 is 0. The van der Waals surface area contributed by atoms with Crippen molar-refractivity contribution < 1.29 is 14.7 Å². The molecule has 2 N–H and O–H groups in total. The third-order valence-corrected chi connectivity index (χ3v) is 3.24. The fourth-order valence-electron chi connectivity index (χ4n) is 1.88. The summed E-state index contributed by atoms with van der Waals surface area (Å²) in [4.78, 5) is 24.5. The zero-order valence-corrected chi connectivity index (χ0v) is 12.8. The number of rotatable bonds is 8. The summed E-state index contributed by atoms with van der Waals surface area (Å²) in [6, 6.07) is -0.306. The molecule has 2 amide bonds. The first-order valence-electron chi connectivity index (χ1n) is 7.02. The van der Waals surface area contributed by atoms with E-state index in [0.717, 1.165) is 19.3 Å². The normalized spacial score (nSPS) is 11.5. The van der Waals surface area contributed by atoms with Crippen LogP contribution in [0.25, 0.3) is 0 Å². The molecule has 0 aliphatic carbocycles. The van der Waals surface area contributed by atoms with Crippen LogP contribution in [-0.2, 0) is 4.79 Å². The van der Waals surface area contributed by atoms with Crippen molar-refractivity contribution in [1.29, 1.82) is 0 Å². The molecule has 0 rings (SSSR count). The SMILES string of the molecule is CCN(C(=O)NCCCCC(C)C)C(C)(C)C(=O)O. The molecule has 0 radical (unpaired) electrons. The van der Waals surface area contributed by atoms with E-state index in [1.54, 1.807) is 6.92 Å². The van der Waals surface area contributed by atoms with E-state index in [2.05, 4.69) is 19.2 Å². The molecular formula is C14H28N2O3. The number of amides is 2. The van der Waals surface area contributed by atoms with Crippen LogP contribution in [0.3, 0.4) is 0 Å². The van der Waals surface area contributed by atoms with Crippen molar-refractivity contribution in [1.82, 2.24) is 10.2 Å². The molecule has 19 heavy (non-hydrogen) atoms. The van der Waals surface area contributed by atoms with Gasteiger partial charge in [0, 0.05) is 13.1 Å². The smallest absolute Gasteiger partial charge is 0.329 e. The summed E-state index contributed by atoms with van der Waals surface area (Å²) in [5.41, 5.74) is -1.18. The van der Waals surface area contributed by atoms with Gasteiger partial charge in [0.2, 0.25) is 0 Å². The van der Waals surface area contributed by atoms with Crippen molar-refractivity contribution in [2.24, 2.45) is 5.92 Å². The maximum absolute atomic E-state index is 12.0. The number of carbonyl (C=O) groups excluding carboxylic acids is 1. The summed E-state index contributed by atoms with van der Waals surface area (Å²) in [6.45, 7) is 10.2. The van der Waals surface area contributed by atoms with E-state index in [1.807, 2.05) is 0 Å². The molecule has 0 saturated carbocycles. The molecule has 112 valence electrons. The zero-order chi connectivity index (χ0) is 15.1. The quantitative estimate of drug-likeness (QED) is 0.667. The summed E-state index contributed by atoms with van der Waals surface area (Å²) in [5, 5.41) is 11.9. The van der Waals surface area contributed by atoms with Gasteiger partial charge in [-0.15, -0.1) is 0 Å². The number of likely N-dealkylation sites (N-methyl/N-ethyl adjacent to an activating group) is 1. The maximum atomic E-state index is 12.0. The Morgan fingerprint density at radius 2 is 1.84 bits per heavy atom. The number of carboxylic acids is 1. The highest BCUT2D eigenvalue weighted by Gasteiger charge is 2.36. The number of carbonyl (C=O) groups is 2. The van der Waals surface area contributed by atoms with Crippen molar-refractivity contribution in [2.75, 3.05) is 13.1 Å². The second-order valence-electron chi connectivity index (χ2n) is 5.73. The van der Waals surface area contributed by atoms with Crippen LogP contribution < -0.4 is 5.32 Å². The highest BCUT2D eigenvalue weighted by atomic mass is 16.4. The van der Waals surface area contributed by atoms with Gasteiger partial charge < -0.3 is 15.3 Å². The van der Waals surface area contributed by atoms with E-state index in [4.69, 9.17) is 5.11 Å². The average Bonchev–Trinajstić information content (AvgIpc) is 2.28. The predicted molar refractivity (Wildman–Crippen MR) is 76.2 cm³/mol.